The molecule has 1 aromatic carbocycles. The lowest BCUT2D eigenvalue weighted by Gasteiger charge is -2.17. The molecule has 0 aromatic heterocycles. The van der Waals surface area contributed by atoms with E-state index >= 15 is 0 Å². The number of nitrogens with two attached hydrogens (primary N) is 1. The fraction of sp³-hybridized carbons (Fsp3) is 0.556. The van der Waals surface area contributed by atoms with Gasteiger partial charge in [-0.25, -0.2) is 4.79 Å². The number of carboxylic acid groups (broad SMARTS) is 2. The molecule has 0 aliphatic rings. The third-order valence-corrected chi connectivity index (χ3v) is 5.93. The van der Waals surface area contributed by atoms with Crippen molar-refractivity contribution in [1.29, 1.82) is 0 Å². The van der Waals surface area contributed by atoms with Gasteiger partial charge in [0.15, 0.2) is 0 Å². The number of nitrogens with one attached hydrogen (secondary N) is 4. The van der Waals surface area contributed by atoms with Crippen molar-refractivity contribution < 1.29 is 39.0 Å². The predicted octanol–water partition coefficient (Wildman–Crippen LogP) is 1.37. The second kappa shape index (κ2) is 19.0. The van der Waals surface area contributed by atoms with Crippen LogP contribution in [0, 0.1) is 0 Å². The molecule has 0 saturated carbocycles. The Labute approximate surface area is 233 Å². The third-order valence-electron chi connectivity index (χ3n) is 5.93. The van der Waals surface area contributed by atoms with E-state index < -0.39 is 41.7 Å². The number of carboxylic acids is 2. The summed E-state index contributed by atoms with van der Waals surface area (Å²) in [6.45, 7) is 3.30. The Kier molecular flexibility index (Phi) is 16.1. The predicted molar refractivity (Wildman–Crippen MR) is 147 cm³/mol. The number of carbonyl (C=O) groups excluding carboxylic acids is 4. The molecule has 40 heavy (non-hydrogen) atoms. The van der Waals surface area contributed by atoms with E-state index in [1.165, 1.54) is 0 Å². The van der Waals surface area contributed by atoms with Gasteiger partial charge in [0.1, 0.15) is 12.1 Å². The summed E-state index contributed by atoms with van der Waals surface area (Å²) < 4.78 is 0. The number of aliphatic carboxylic acids is 2. The Morgan fingerprint density at radius 3 is 1.95 bits per heavy atom. The van der Waals surface area contributed by atoms with Gasteiger partial charge in [0, 0.05) is 43.6 Å². The molecule has 0 fully saturated rings. The molecule has 0 spiro atoms. The van der Waals surface area contributed by atoms with Crippen LogP contribution in [0.25, 0.3) is 0 Å². The van der Waals surface area contributed by atoms with Gasteiger partial charge in [0.2, 0.25) is 17.7 Å². The smallest absolute Gasteiger partial charge is 0.326 e. The first-order valence-corrected chi connectivity index (χ1v) is 13.5. The summed E-state index contributed by atoms with van der Waals surface area (Å²) in [5.41, 5.74) is 6.88. The fourth-order valence-electron chi connectivity index (χ4n) is 3.73. The molecule has 4 amide bonds. The van der Waals surface area contributed by atoms with Gasteiger partial charge in [-0.2, -0.15) is 0 Å². The van der Waals surface area contributed by atoms with E-state index in [1.807, 2.05) is 12.1 Å². The molecule has 0 heterocycles. The van der Waals surface area contributed by atoms with Crippen LogP contribution in [0.2, 0.25) is 0 Å². The fourth-order valence-corrected chi connectivity index (χ4v) is 3.73. The van der Waals surface area contributed by atoms with Gasteiger partial charge in [-0.1, -0.05) is 6.92 Å². The zero-order valence-corrected chi connectivity index (χ0v) is 22.9. The zero-order valence-electron chi connectivity index (χ0n) is 22.9. The normalized spacial score (nSPS) is 12.0. The molecule has 0 unspecified atom stereocenters. The number of unbranched alkanes of at least 4 members (excludes halogenated alkanes) is 1. The molecule has 8 N–H and O–H groups in total. The highest BCUT2D eigenvalue weighted by atomic mass is 16.4. The first-order valence-electron chi connectivity index (χ1n) is 13.5. The minimum absolute atomic E-state index is 0.0215. The zero-order chi connectivity index (χ0) is 29.9. The monoisotopic (exact) mass is 563 g/mol. The number of anilines is 1. The quantitative estimate of drug-likeness (QED) is 0.107. The van der Waals surface area contributed by atoms with Crippen molar-refractivity contribution in [3.8, 4) is 0 Å². The Balaban J connectivity index is 2.35. The summed E-state index contributed by atoms with van der Waals surface area (Å²) in [4.78, 5) is 70.1. The van der Waals surface area contributed by atoms with E-state index in [2.05, 4.69) is 28.2 Å². The maximum atomic E-state index is 12.3. The maximum Gasteiger partial charge on any atom is 0.326 e. The second-order valence-electron chi connectivity index (χ2n) is 9.38. The second-order valence-corrected chi connectivity index (χ2v) is 9.38. The summed E-state index contributed by atoms with van der Waals surface area (Å²) in [7, 11) is 0. The van der Waals surface area contributed by atoms with Crippen molar-refractivity contribution in [1.82, 2.24) is 16.0 Å². The maximum absolute atomic E-state index is 12.3. The van der Waals surface area contributed by atoms with E-state index in [4.69, 9.17) is 10.8 Å². The van der Waals surface area contributed by atoms with Crippen molar-refractivity contribution in [2.45, 2.75) is 83.2 Å². The third kappa shape index (κ3) is 14.7. The van der Waals surface area contributed by atoms with Crippen LogP contribution in [-0.2, 0) is 24.0 Å². The molecule has 222 valence electrons. The van der Waals surface area contributed by atoms with Crippen LogP contribution in [0.15, 0.2) is 24.3 Å². The van der Waals surface area contributed by atoms with E-state index in [1.54, 1.807) is 12.1 Å². The first-order chi connectivity index (χ1) is 19.0. The van der Waals surface area contributed by atoms with E-state index in [0.717, 1.165) is 18.7 Å². The van der Waals surface area contributed by atoms with Gasteiger partial charge in [-0.15, -0.1) is 0 Å². The van der Waals surface area contributed by atoms with Crippen molar-refractivity contribution >= 4 is 41.3 Å². The minimum Gasteiger partial charge on any atom is -0.481 e. The van der Waals surface area contributed by atoms with E-state index in [9.17, 15) is 33.9 Å². The lowest BCUT2D eigenvalue weighted by Crippen LogP contribution is -2.44. The molecule has 0 saturated heterocycles. The van der Waals surface area contributed by atoms with Gasteiger partial charge in [-0.05, 0) is 69.2 Å². The number of hydrogen-bond acceptors (Lipinski definition) is 7. The number of carbonyl (C=O) groups is 6. The lowest BCUT2D eigenvalue weighted by atomic mass is 10.1. The number of rotatable bonds is 21. The molecular formula is C27H41N5O8. The highest BCUT2D eigenvalue weighted by Crippen LogP contribution is 2.10. The summed E-state index contributed by atoms with van der Waals surface area (Å²) in [5, 5.41) is 28.8. The molecule has 0 radical (unpaired) electrons. The van der Waals surface area contributed by atoms with Crippen LogP contribution >= 0.6 is 0 Å². The molecule has 13 heteroatoms. The van der Waals surface area contributed by atoms with Crippen LogP contribution in [0.4, 0.5) is 5.69 Å². The van der Waals surface area contributed by atoms with Crippen molar-refractivity contribution in [3.63, 3.8) is 0 Å². The molecule has 1 aromatic rings. The molecule has 2 atom stereocenters. The number of primary amides is 1. The summed E-state index contributed by atoms with van der Waals surface area (Å²) in [6, 6.07) is 5.03. The summed E-state index contributed by atoms with van der Waals surface area (Å²) in [5.74, 6) is -4.29. The largest absolute Gasteiger partial charge is 0.481 e. The number of hydrogen-bond donors (Lipinski definition) is 7. The molecule has 0 aliphatic heterocycles. The highest BCUT2D eigenvalue weighted by Gasteiger charge is 2.21. The number of benzene rings is 1. The van der Waals surface area contributed by atoms with Gasteiger partial charge in [-0.3, -0.25) is 24.0 Å². The Morgan fingerprint density at radius 1 is 0.775 bits per heavy atom. The summed E-state index contributed by atoms with van der Waals surface area (Å²) in [6.07, 6.45) is 2.15. The van der Waals surface area contributed by atoms with Gasteiger partial charge >= 0.3 is 11.9 Å². The van der Waals surface area contributed by atoms with Crippen LogP contribution in [-0.4, -0.2) is 71.0 Å². The molecule has 13 nitrogen and oxygen atoms in total. The summed E-state index contributed by atoms with van der Waals surface area (Å²) >= 11 is 0. The Morgan fingerprint density at radius 2 is 1.38 bits per heavy atom. The Bertz CT molecular complexity index is 999. The lowest BCUT2D eigenvalue weighted by molar-refractivity contribution is -0.142. The van der Waals surface area contributed by atoms with Gasteiger partial charge in [0.05, 0.1) is 0 Å². The van der Waals surface area contributed by atoms with Crippen molar-refractivity contribution in [2.24, 2.45) is 5.73 Å². The van der Waals surface area contributed by atoms with Crippen LogP contribution in [0.5, 0.6) is 0 Å². The van der Waals surface area contributed by atoms with Crippen LogP contribution < -0.4 is 27.0 Å². The average Bonchev–Trinajstić information content (AvgIpc) is 2.90. The molecule has 0 aliphatic carbocycles. The average molecular weight is 564 g/mol. The standard InChI is InChI=1S/C27H41N5O8/c1-2-16-29-19-14-12-18(13-15-19)26(38)30-17-4-3-7-20(25(28)37)31-22(33)9-5-8-21(27(39)40)32-23(34)10-6-11-24(35)36/h12-15,20-21,29H,2-11,16-17H2,1H3,(H2,28,37)(H,30,38)(H,31,33)(H,32,34)(H,35,36)(H,39,40)/t20-,21-/m0/s1. The SMILES string of the molecule is CCCNc1ccc(C(=O)NCCCC[C@H](NC(=O)CCC[C@H](NC(=O)CCCC(=O)O)C(=O)O)C(N)=O)cc1. The topological polar surface area (TPSA) is 217 Å². The van der Waals surface area contributed by atoms with Crippen molar-refractivity contribution in [2.75, 3.05) is 18.4 Å². The number of amides is 4. The molecular weight excluding hydrogens is 522 g/mol. The van der Waals surface area contributed by atoms with Crippen LogP contribution in [0.3, 0.4) is 0 Å². The highest BCUT2D eigenvalue weighted by molar-refractivity contribution is 5.94. The van der Waals surface area contributed by atoms with E-state index in [-0.39, 0.29) is 50.9 Å². The van der Waals surface area contributed by atoms with Gasteiger partial charge in [0.25, 0.3) is 5.91 Å². The van der Waals surface area contributed by atoms with Crippen LogP contribution in [0.1, 0.15) is 81.5 Å². The molecule has 1 rings (SSSR count). The van der Waals surface area contributed by atoms with Crippen molar-refractivity contribution in [3.05, 3.63) is 29.8 Å². The Hall–Kier alpha value is -4.16. The minimum atomic E-state index is -1.27. The van der Waals surface area contributed by atoms with Gasteiger partial charge < -0.3 is 37.2 Å². The molecule has 0 bridgehead atoms. The first kappa shape index (κ1) is 33.9. The van der Waals surface area contributed by atoms with E-state index in [0.29, 0.717) is 24.9 Å².